The Morgan fingerprint density at radius 3 is 2.67 bits per heavy atom. The molecule has 0 amide bonds. The maximum atomic E-state index is 11.9. The van der Waals surface area contributed by atoms with Crippen LogP contribution < -0.4 is 4.74 Å². The maximum absolute atomic E-state index is 11.9. The number of nitrogens with zero attached hydrogens (tertiary/aromatic N) is 2. The molecule has 0 aliphatic rings. The average molecular weight is 237 g/mol. The highest BCUT2D eigenvalue weighted by atomic mass is 35.5. The number of pyridine rings is 1. The number of hydrogen-bond acceptors (Lipinski definition) is 3. The molecule has 1 heterocycles. The minimum absolute atomic E-state index is 0.0837. The number of halogens is 4. The number of ether oxygens (including phenoxy) is 1. The molecule has 0 radical (unpaired) electrons. The molecule has 1 aromatic rings. The van der Waals surface area contributed by atoms with E-state index in [-0.39, 0.29) is 17.0 Å². The molecule has 7 heteroatoms. The van der Waals surface area contributed by atoms with Gasteiger partial charge in [-0.2, -0.15) is 5.26 Å². The molecule has 0 aliphatic carbocycles. The average Bonchev–Trinajstić information content (AvgIpc) is 2.15. The van der Waals surface area contributed by atoms with E-state index in [0.29, 0.717) is 0 Å². The van der Waals surface area contributed by atoms with E-state index in [4.69, 9.17) is 16.9 Å². The van der Waals surface area contributed by atoms with Crippen LogP contribution in [0.1, 0.15) is 11.1 Å². The summed E-state index contributed by atoms with van der Waals surface area (Å²) in [5.74, 6) is -0.859. The van der Waals surface area contributed by atoms with Gasteiger partial charge in [-0.05, 0) is 11.6 Å². The van der Waals surface area contributed by atoms with E-state index in [0.717, 1.165) is 6.20 Å². The molecule has 0 spiro atoms. The summed E-state index contributed by atoms with van der Waals surface area (Å²) in [4.78, 5) is 3.32. The van der Waals surface area contributed by atoms with Crippen LogP contribution in [0, 0.1) is 11.3 Å². The third kappa shape index (κ3) is 2.99. The number of aromatic nitrogens is 1. The lowest BCUT2D eigenvalue weighted by Crippen LogP contribution is -2.19. The normalized spacial score (nSPS) is 10.9. The molecule has 0 saturated heterocycles. The minimum Gasteiger partial charge on any atom is -0.386 e. The van der Waals surface area contributed by atoms with Crippen LogP contribution >= 0.6 is 11.6 Å². The second kappa shape index (κ2) is 4.36. The van der Waals surface area contributed by atoms with E-state index < -0.39 is 12.2 Å². The monoisotopic (exact) mass is 236 g/mol. The number of nitriles is 1. The van der Waals surface area contributed by atoms with Gasteiger partial charge in [-0.3, -0.25) is 0 Å². The van der Waals surface area contributed by atoms with E-state index in [9.17, 15) is 13.2 Å². The first-order chi connectivity index (χ1) is 6.98. The van der Waals surface area contributed by atoms with Gasteiger partial charge in [0.15, 0.2) is 0 Å². The first kappa shape index (κ1) is 11.6. The smallest absolute Gasteiger partial charge is 0.386 e. The summed E-state index contributed by atoms with van der Waals surface area (Å²) < 4.78 is 39.2. The molecule has 0 aliphatic heterocycles. The molecule has 0 fully saturated rings. The van der Waals surface area contributed by atoms with E-state index >= 15 is 0 Å². The molecule has 1 rings (SSSR count). The van der Waals surface area contributed by atoms with E-state index in [1.54, 1.807) is 6.07 Å². The van der Waals surface area contributed by atoms with Crippen molar-refractivity contribution in [3.63, 3.8) is 0 Å². The van der Waals surface area contributed by atoms with Crippen molar-refractivity contribution in [2.24, 2.45) is 0 Å². The fraction of sp³-hybridized carbons (Fsp3) is 0.250. The highest BCUT2D eigenvalue weighted by Gasteiger charge is 2.33. The summed E-state index contributed by atoms with van der Waals surface area (Å²) in [5.41, 5.74) is -0.0572. The number of hydrogen-bond donors (Lipinski definition) is 0. The van der Waals surface area contributed by atoms with E-state index in [1.807, 2.05) is 0 Å². The number of rotatable bonds is 2. The fourth-order valence-electron chi connectivity index (χ4n) is 0.898. The predicted octanol–water partition coefficient (Wildman–Crippen LogP) is 2.59. The zero-order valence-electron chi connectivity index (χ0n) is 7.18. The van der Waals surface area contributed by atoms with Crippen LogP contribution in [0.2, 0.25) is 0 Å². The molecular formula is C8H4ClF3N2O. The van der Waals surface area contributed by atoms with Gasteiger partial charge in [0.25, 0.3) is 0 Å². The zero-order valence-corrected chi connectivity index (χ0v) is 7.93. The van der Waals surface area contributed by atoms with Crippen molar-refractivity contribution in [3.05, 3.63) is 23.4 Å². The van der Waals surface area contributed by atoms with Gasteiger partial charge in [-0.1, -0.05) is 0 Å². The third-order valence-electron chi connectivity index (χ3n) is 1.47. The lowest BCUT2D eigenvalue weighted by atomic mass is 10.2. The van der Waals surface area contributed by atoms with Crippen LogP contribution in [0.25, 0.3) is 0 Å². The molecule has 0 bridgehead atoms. The second-order valence-corrected chi connectivity index (χ2v) is 2.71. The van der Waals surface area contributed by atoms with Crippen LogP contribution in [0.4, 0.5) is 13.2 Å². The summed E-state index contributed by atoms with van der Waals surface area (Å²) in [6.45, 7) is 0. The summed E-state index contributed by atoms with van der Waals surface area (Å²) in [5, 5.41) is 8.63. The molecule has 0 atom stereocenters. The van der Waals surface area contributed by atoms with Crippen molar-refractivity contribution in [1.29, 1.82) is 5.26 Å². The van der Waals surface area contributed by atoms with E-state index in [2.05, 4.69) is 9.72 Å². The summed E-state index contributed by atoms with van der Waals surface area (Å²) >= 11 is 5.44. The van der Waals surface area contributed by atoms with Gasteiger partial charge < -0.3 is 4.74 Å². The Hall–Kier alpha value is -1.48. The quantitative estimate of drug-likeness (QED) is 0.742. The molecule has 0 unspecified atom stereocenters. The summed E-state index contributed by atoms with van der Waals surface area (Å²) in [6, 6.07) is 2.92. The first-order valence-electron chi connectivity index (χ1n) is 3.67. The molecule has 15 heavy (non-hydrogen) atoms. The van der Waals surface area contributed by atoms with Gasteiger partial charge >= 0.3 is 6.36 Å². The van der Waals surface area contributed by atoms with Crippen molar-refractivity contribution < 1.29 is 17.9 Å². The van der Waals surface area contributed by atoms with Gasteiger partial charge in [0, 0.05) is 12.1 Å². The first-order valence-corrected chi connectivity index (χ1v) is 4.21. The van der Waals surface area contributed by atoms with Crippen LogP contribution in [0.5, 0.6) is 5.88 Å². The Morgan fingerprint density at radius 1 is 1.53 bits per heavy atom. The van der Waals surface area contributed by atoms with Gasteiger partial charge in [-0.15, -0.1) is 24.8 Å². The fourth-order valence-corrected chi connectivity index (χ4v) is 1.12. The van der Waals surface area contributed by atoms with Gasteiger partial charge in [0.05, 0.1) is 0 Å². The molecule has 3 nitrogen and oxygen atoms in total. The van der Waals surface area contributed by atoms with Crippen molar-refractivity contribution in [2.45, 2.75) is 12.2 Å². The maximum Gasteiger partial charge on any atom is 0.574 e. The van der Waals surface area contributed by atoms with Crippen molar-refractivity contribution in [1.82, 2.24) is 4.98 Å². The second-order valence-electron chi connectivity index (χ2n) is 2.44. The highest BCUT2D eigenvalue weighted by molar-refractivity contribution is 6.17. The predicted molar refractivity (Wildman–Crippen MR) is 45.2 cm³/mol. The largest absolute Gasteiger partial charge is 0.574 e. The van der Waals surface area contributed by atoms with Gasteiger partial charge in [0.1, 0.15) is 11.6 Å². The lowest BCUT2D eigenvalue weighted by Gasteiger charge is -2.10. The Kier molecular flexibility index (Phi) is 3.37. The van der Waals surface area contributed by atoms with E-state index in [1.165, 1.54) is 6.07 Å². The Bertz CT molecular complexity index is 400. The van der Waals surface area contributed by atoms with Crippen LogP contribution in [0.3, 0.4) is 0 Å². The summed E-state index contributed by atoms with van der Waals surface area (Å²) in [6.07, 6.45) is -3.77. The van der Waals surface area contributed by atoms with Crippen molar-refractivity contribution >= 4 is 11.6 Å². The van der Waals surface area contributed by atoms with Crippen molar-refractivity contribution in [3.8, 4) is 11.9 Å². The van der Waals surface area contributed by atoms with Gasteiger partial charge in [0.2, 0.25) is 5.88 Å². The molecule has 0 N–H and O–H groups in total. The van der Waals surface area contributed by atoms with Gasteiger partial charge in [-0.25, -0.2) is 4.98 Å². The standard InChI is InChI=1S/C8H4ClF3N2O/c9-3-5-1-2-14-7(6(5)4-13)15-8(10,11)12/h1-2H,3H2. The zero-order chi connectivity index (χ0) is 11.5. The molecule has 0 aromatic carbocycles. The molecule has 0 saturated carbocycles. The highest BCUT2D eigenvalue weighted by Crippen LogP contribution is 2.26. The van der Waals surface area contributed by atoms with Crippen LogP contribution in [-0.4, -0.2) is 11.3 Å². The van der Waals surface area contributed by atoms with Crippen molar-refractivity contribution in [2.75, 3.05) is 0 Å². The molecule has 1 aromatic heterocycles. The Labute approximate surface area is 88.1 Å². The molecule has 80 valence electrons. The Balaban J connectivity index is 3.14. The molecular weight excluding hydrogens is 233 g/mol. The topological polar surface area (TPSA) is 45.9 Å². The number of alkyl halides is 4. The Morgan fingerprint density at radius 2 is 2.20 bits per heavy atom. The SMILES string of the molecule is N#Cc1c(CCl)ccnc1OC(F)(F)F. The lowest BCUT2D eigenvalue weighted by molar-refractivity contribution is -0.276. The van der Waals surface area contributed by atoms with Crippen LogP contribution in [0.15, 0.2) is 12.3 Å². The summed E-state index contributed by atoms with van der Waals surface area (Å²) in [7, 11) is 0. The minimum atomic E-state index is -4.87. The third-order valence-corrected chi connectivity index (χ3v) is 1.76. The van der Waals surface area contributed by atoms with Crippen LogP contribution in [-0.2, 0) is 5.88 Å².